The largest absolute Gasteiger partial charge is 0.366 e. The number of halogens is 1. The summed E-state index contributed by atoms with van der Waals surface area (Å²) in [5.41, 5.74) is 2.60. The number of likely N-dealkylation sites (N-methyl/N-ethyl adjacent to an activating group) is 1. The first-order valence-corrected chi connectivity index (χ1v) is 7.78. The third kappa shape index (κ3) is 2.55. The molecular weight excluding hydrogens is 298 g/mol. The van der Waals surface area contributed by atoms with E-state index in [0.29, 0.717) is 17.3 Å². The molecule has 0 bridgehead atoms. The maximum absolute atomic E-state index is 12.9. The van der Waals surface area contributed by atoms with Crippen molar-refractivity contribution in [1.29, 1.82) is 0 Å². The van der Waals surface area contributed by atoms with Crippen molar-refractivity contribution in [3.05, 3.63) is 53.3 Å². The maximum Gasteiger partial charge on any atom is 0.258 e. The summed E-state index contributed by atoms with van der Waals surface area (Å²) in [5.74, 6) is -0.0423. The van der Waals surface area contributed by atoms with Gasteiger partial charge in [0.25, 0.3) is 5.91 Å². The number of aromatic nitrogens is 1. The van der Waals surface area contributed by atoms with Gasteiger partial charge in [-0.1, -0.05) is 23.7 Å². The third-order valence-corrected chi connectivity index (χ3v) is 4.23. The predicted molar refractivity (Wildman–Crippen MR) is 89.8 cm³/mol. The fourth-order valence-electron chi connectivity index (χ4n) is 3.00. The van der Waals surface area contributed by atoms with Crippen molar-refractivity contribution < 1.29 is 4.79 Å². The van der Waals surface area contributed by atoms with Crippen molar-refractivity contribution in [3.8, 4) is 0 Å². The Morgan fingerprint density at radius 1 is 1.32 bits per heavy atom. The third-order valence-electron chi connectivity index (χ3n) is 4.02. The molecule has 2 aromatic rings. The van der Waals surface area contributed by atoms with Crippen LogP contribution in [0.1, 0.15) is 24.2 Å². The van der Waals surface area contributed by atoms with Crippen LogP contribution in [0.4, 0.5) is 11.4 Å². The molecule has 0 aliphatic carbocycles. The summed E-state index contributed by atoms with van der Waals surface area (Å²) in [7, 11) is 0. The number of anilines is 2. The predicted octanol–water partition coefficient (Wildman–Crippen LogP) is 3.61. The fourth-order valence-corrected chi connectivity index (χ4v) is 3.17. The molecule has 4 nitrogen and oxygen atoms in total. The lowest BCUT2D eigenvalue weighted by Gasteiger charge is -2.42. The lowest BCUT2D eigenvalue weighted by atomic mass is 10.1. The number of carbonyl (C=O) groups excluding carboxylic acids is 1. The van der Waals surface area contributed by atoms with Gasteiger partial charge in [-0.25, -0.2) is 4.98 Å². The summed E-state index contributed by atoms with van der Waals surface area (Å²) in [5, 5.41) is 0.333. The number of hydrogen-bond acceptors (Lipinski definition) is 3. The van der Waals surface area contributed by atoms with Gasteiger partial charge in [-0.3, -0.25) is 4.79 Å². The summed E-state index contributed by atoms with van der Waals surface area (Å²) >= 11 is 5.91. The van der Waals surface area contributed by atoms with E-state index >= 15 is 0 Å². The molecule has 1 amide bonds. The highest BCUT2D eigenvalue weighted by atomic mass is 35.5. The topological polar surface area (TPSA) is 36.4 Å². The van der Waals surface area contributed by atoms with Gasteiger partial charge in [0.15, 0.2) is 0 Å². The van der Waals surface area contributed by atoms with Crippen molar-refractivity contribution in [2.75, 3.05) is 22.9 Å². The monoisotopic (exact) mass is 315 g/mol. The maximum atomic E-state index is 12.9. The van der Waals surface area contributed by atoms with Gasteiger partial charge in [0, 0.05) is 30.9 Å². The van der Waals surface area contributed by atoms with Gasteiger partial charge < -0.3 is 9.80 Å². The zero-order valence-electron chi connectivity index (χ0n) is 12.7. The van der Waals surface area contributed by atoms with Gasteiger partial charge in [0.2, 0.25) is 0 Å². The first-order chi connectivity index (χ1) is 10.6. The number of amides is 1. The van der Waals surface area contributed by atoms with E-state index in [1.165, 1.54) is 0 Å². The molecule has 1 aliphatic rings. The second-order valence-corrected chi connectivity index (χ2v) is 5.79. The highest BCUT2D eigenvalue weighted by Crippen LogP contribution is 2.35. The quantitative estimate of drug-likeness (QED) is 0.794. The van der Waals surface area contributed by atoms with Crippen LogP contribution in [0.2, 0.25) is 5.15 Å². The highest BCUT2D eigenvalue weighted by molar-refractivity contribution is 6.29. The number of para-hydroxylation sites is 2. The molecule has 3 rings (SSSR count). The molecule has 0 saturated carbocycles. The van der Waals surface area contributed by atoms with E-state index < -0.39 is 0 Å². The molecule has 5 heteroatoms. The van der Waals surface area contributed by atoms with Crippen LogP contribution in [0.5, 0.6) is 0 Å². The second kappa shape index (κ2) is 5.97. The molecule has 0 spiro atoms. The average molecular weight is 316 g/mol. The van der Waals surface area contributed by atoms with Crippen molar-refractivity contribution >= 4 is 28.9 Å². The van der Waals surface area contributed by atoms with Crippen molar-refractivity contribution in [1.82, 2.24) is 4.98 Å². The number of fused-ring (bicyclic) bond motifs is 1. The molecular formula is C17H18ClN3O. The molecule has 0 N–H and O–H groups in total. The van der Waals surface area contributed by atoms with Crippen LogP contribution in [0.25, 0.3) is 0 Å². The van der Waals surface area contributed by atoms with E-state index in [2.05, 4.69) is 29.8 Å². The second-order valence-electron chi connectivity index (χ2n) is 5.41. The van der Waals surface area contributed by atoms with Crippen LogP contribution < -0.4 is 9.80 Å². The number of hydrogen-bond donors (Lipinski definition) is 0. The van der Waals surface area contributed by atoms with Gasteiger partial charge >= 0.3 is 0 Å². The summed E-state index contributed by atoms with van der Waals surface area (Å²) in [6.45, 7) is 5.84. The summed E-state index contributed by atoms with van der Waals surface area (Å²) in [6, 6.07) is 11.6. The van der Waals surface area contributed by atoms with Crippen LogP contribution in [0.3, 0.4) is 0 Å². The average Bonchev–Trinajstić information content (AvgIpc) is 2.53. The van der Waals surface area contributed by atoms with Crippen molar-refractivity contribution in [3.63, 3.8) is 0 Å². The molecule has 0 radical (unpaired) electrons. The lowest BCUT2D eigenvalue weighted by molar-refractivity contribution is 0.0984. The SMILES string of the molecule is CCN1c2ccccc2N(C(=O)c2ccnc(Cl)c2)CC1C. The lowest BCUT2D eigenvalue weighted by Crippen LogP contribution is -2.49. The Hall–Kier alpha value is -2.07. The molecule has 1 aromatic heterocycles. The Morgan fingerprint density at radius 3 is 2.73 bits per heavy atom. The van der Waals surface area contributed by atoms with Crippen molar-refractivity contribution in [2.45, 2.75) is 19.9 Å². The first kappa shape index (κ1) is 14.9. The Bertz CT molecular complexity index is 704. The van der Waals surface area contributed by atoms with E-state index in [9.17, 15) is 4.79 Å². The van der Waals surface area contributed by atoms with Crippen LogP contribution in [-0.4, -0.2) is 30.0 Å². The molecule has 1 aromatic carbocycles. The van der Waals surface area contributed by atoms with Gasteiger partial charge in [-0.2, -0.15) is 0 Å². The van der Waals surface area contributed by atoms with E-state index in [1.54, 1.807) is 18.3 Å². The normalized spacial score (nSPS) is 17.3. The van der Waals surface area contributed by atoms with Gasteiger partial charge in [-0.15, -0.1) is 0 Å². The van der Waals surface area contributed by atoms with E-state index in [1.807, 2.05) is 23.1 Å². The Labute approximate surface area is 135 Å². The number of rotatable bonds is 2. The minimum atomic E-state index is -0.0423. The minimum Gasteiger partial charge on any atom is -0.366 e. The fraction of sp³-hybridized carbons (Fsp3) is 0.294. The number of pyridine rings is 1. The van der Waals surface area contributed by atoms with Crippen molar-refractivity contribution in [2.24, 2.45) is 0 Å². The van der Waals surface area contributed by atoms with Crippen LogP contribution in [0, 0.1) is 0 Å². The highest BCUT2D eigenvalue weighted by Gasteiger charge is 2.30. The molecule has 0 fully saturated rings. The van der Waals surface area contributed by atoms with E-state index in [4.69, 9.17) is 11.6 Å². The van der Waals surface area contributed by atoms with Gasteiger partial charge in [-0.05, 0) is 38.1 Å². The summed E-state index contributed by atoms with van der Waals surface area (Å²) < 4.78 is 0. The number of carbonyl (C=O) groups is 1. The van der Waals surface area contributed by atoms with E-state index in [-0.39, 0.29) is 11.9 Å². The number of benzene rings is 1. The number of nitrogens with zero attached hydrogens (tertiary/aromatic N) is 3. The zero-order valence-corrected chi connectivity index (χ0v) is 13.4. The first-order valence-electron chi connectivity index (χ1n) is 7.41. The Balaban J connectivity index is 2.02. The molecule has 2 heterocycles. The van der Waals surface area contributed by atoms with E-state index in [0.717, 1.165) is 17.9 Å². The minimum absolute atomic E-state index is 0.0423. The molecule has 114 valence electrons. The van der Waals surface area contributed by atoms with Crippen LogP contribution in [-0.2, 0) is 0 Å². The van der Waals surface area contributed by atoms with Gasteiger partial charge in [0.1, 0.15) is 5.15 Å². The molecule has 1 aliphatic heterocycles. The molecule has 0 saturated heterocycles. The Kier molecular flexibility index (Phi) is 4.03. The molecule has 22 heavy (non-hydrogen) atoms. The molecule has 1 atom stereocenters. The zero-order chi connectivity index (χ0) is 15.7. The smallest absolute Gasteiger partial charge is 0.258 e. The van der Waals surface area contributed by atoms with Gasteiger partial charge in [0.05, 0.1) is 11.4 Å². The molecule has 1 unspecified atom stereocenters. The standard InChI is InChI=1S/C17H18ClN3O/c1-3-20-12(2)11-21(15-7-5-4-6-14(15)20)17(22)13-8-9-19-16(18)10-13/h4-10,12H,3,11H2,1-2H3. The van der Waals surface area contributed by atoms with Crippen LogP contribution >= 0.6 is 11.6 Å². The summed E-state index contributed by atoms with van der Waals surface area (Å²) in [6.07, 6.45) is 1.56. The Morgan fingerprint density at radius 2 is 2.05 bits per heavy atom. The summed E-state index contributed by atoms with van der Waals surface area (Å²) in [4.78, 5) is 21.0. The van der Waals surface area contributed by atoms with Crippen LogP contribution in [0.15, 0.2) is 42.6 Å².